The number of likely N-dealkylation sites (tertiary alicyclic amines) is 1. The van der Waals surface area contributed by atoms with Crippen LogP contribution in [0, 0.1) is 5.92 Å². The number of amides is 1. The Balaban J connectivity index is 2.51. The first-order valence-corrected chi connectivity index (χ1v) is 8.57. The molecule has 106 valence electrons. The molecular weight excluding hydrogens is 250 g/mol. The molecule has 0 aromatic carbocycles. The number of carbonyl (C=O) groups excluding carboxylic acids is 1. The van der Waals surface area contributed by atoms with Crippen molar-refractivity contribution in [3.63, 3.8) is 0 Å². The molecule has 0 spiro atoms. The highest BCUT2D eigenvalue weighted by atomic mass is 32.2. The van der Waals surface area contributed by atoms with Gasteiger partial charge in [-0.25, -0.2) is 8.42 Å². The first-order chi connectivity index (χ1) is 8.36. The van der Waals surface area contributed by atoms with Crippen molar-refractivity contribution in [2.24, 2.45) is 5.92 Å². The highest BCUT2D eigenvalue weighted by Crippen LogP contribution is 2.20. The second kappa shape index (κ2) is 6.55. The van der Waals surface area contributed by atoms with Gasteiger partial charge in [0.15, 0.2) is 9.84 Å². The Labute approximate surface area is 111 Å². The lowest BCUT2D eigenvalue weighted by molar-refractivity contribution is -0.132. The minimum atomic E-state index is -2.98. The maximum atomic E-state index is 12.1. The van der Waals surface area contributed by atoms with E-state index in [1.165, 1.54) is 0 Å². The predicted octanol–water partition coefficient (Wildman–Crippen LogP) is 1.85. The molecule has 1 saturated heterocycles. The zero-order valence-corrected chi connectivity index (χ0v) is 12.5. The zero-order valence-electron chi connectivity index (χ0n) is 11.7. The quantitative estimate of drug-likeness (QED) is 0.769. The first-order valence-electron chi connectivity index (χ1n) is 6.86. The second-order valence-electron chi connectivity index (χ2n) is 5.55. The zero-order chi connectivity index (χ0) is 13.8. The van der Waals surface area contributed by atoms with Gasteiger partial charge in [-0.15, -0.1) is 0 Å². The highest BCUT2D eigenvalue weighted by Gasteiger charge is 2.31. The summed E-state index contributed by atoms with van der Waals surface area (Å²) in [5.74, 6) is 0.604. The molecule has 0 saturated carbocycles. The van der Waals surface area contributed by atoms with Gasteiger partial charge in [0.2, 0.25) is 5.91 Å². The van der Waals surface area contributed by atoms with E-state index in [0.29, 0.717) is 32.4 Å². The fraction of sp³-hybridized carbons (Fsp3) is 0.923. The number of hydrogen-bond donors (Lipinski definition) is 0. The van der Waals surface area contributed by atoms with E-state index in [9.17, 15) is 13.2 Å². The Morgan fingerprint density at radius 3 is 2.28 bits per heavy atom. The molecule has 0 bridgehead atoms. The number of nitrogens with zero attached hydrogens (tertiary/aromatic N) is 1. The van der Waals surface area contributed by atoms with Crippen molar-refractivity contribution < 1.29 is 13.2 Å². The summed E-state index contributed by atoms with van der Waals surface area (Å²) in [6.07, 6.45) is 2.63. The van der Waals surface area contributed by atoms with Crippen LogP contribution in [0.25, 0.3) is 0 Å². The molecule has 5 heteroatoms. The third kappa shape index (κ3) is 4.26. The molecule has 0 unspecified atom stereocenters. The molecule has 0 aliphatic carbocycles. The van der Waals surface area contributed by atoms with Crippen molar-refractivity contribution in [3.8, 4) is 0 Å². The van der Waals surface area contributed by atoms with Gasteiger partial charge in [-0.05, 0) is 25.2 Å². The summed E-state index contributed by atoms with van der Waals surface area (Å²) >= 11 is 0. The summed E-state index contributed by atoms with van der Waals surface area (Å²) in [4.78, 5) is 13.5. The van der Waals surface area contributed by atoms with E-state index in [-0.39, 0.29) is 22.8 Å². The average molecular weight is 275 g/mol. The van der Waals surface area contributed by atoms with Gasteiger partial charge in [-0.2, -0.15) is 0 Å². The van der Waals surface area contributed by atoms with Gasteiger partial charge in [0.05, 0.1) is 11.0 Å². The summed E-state index contributed by atoms with van der Waals surface area (Å²) in [5.41, 5.74) is 0. The first kappa shape index (κ1) is 15.5. The lowest BCUT2D eigenvalue weighted by Crippen LogP contribution is -2.43. The topological polar surface area (TPSA) is 54.5 Å². The summed E-state index contributed by atoms with van der Waals surface area (Å²) < 4.78 is 24.2. The second-order valence-corrected chi connectivity index (χ2v) is 7.88. The molecule has 4 nitrogen and oxygen atoms in total. The van der Waals surface area contributed by atoms with E-state index in [1.807, 2.05) is 25.7 Å². The Kier molecular flexibility index (Phi) is 5.63. The lowest BCUT2D eigenvalue weighted by Gasteiger charge is -2.32. The van der Waals surface area contributed by atoms with Crippen LogP contribution in [0.15, 0.2) is 0 Å². The van der Waals surface area contributed by atoms with E-state index in [4.69, 9.17) is 0 Å². The van der Waals surface area contributed by atoms with Gasteiger partial charge in [-0.3, -0.25) is 4.79 Å². The molecule has 0 radical (unpaired) electrons. The number of piperidine rings is 1. The van der Waals surface area contributed by atoms with Gasteiger partial charge in [0, 0.05) is 19.5 Å². The van der Waals surface area contributed by atoms with Crippen LogP contribution >= 0.6 is 0 Å². The SMILES string of the molecule is CCCC(=O)N1CCC(S(=O)(=O)CC(C)C)CC1. The van der Waals surface area contributed by atoms with E-state index < -0.39 is 9.84 Å². The van der Waals surface area contributed by atoms with Crippen molar-refractivity contribution in [3.05, 3.63) is 0 Å². The maximum Gasteiger partial charge on any atom is 0.222 e. The van der Waals surface area contributed by atoms with Crippen LogP contribution in [0.2, 0.25) is 0 Å². The fourth-order valence-corrected chi connectivity index (χ4v) is 4.57. The van der Waals surface area contributed by atoms with Crippen LogP contribution in [0.5, 0.6) is 0 Å². The normalized spacial score (nSPS) is 18.3. The van der Waals surface area contributed by atoms with Gasteiger partial charge in [0.25, 0.3) is 0 Å². The fourth-order valence-electron chi connectivity index (χ4n) is 2.44. The van der Waals surface area contributed by atoms with Crippen LogP contribution in [0.3, 0.4) is 0 Å². The largest absolute Gasteiger partial charge is 0.343 e. The minimum Gasteiger partial charge on any atom is -0.343 e. The monoisotopic (exact) mass is 275 g/mol. The van der Waals surface area contributed by atoms with E-state index >= 15 is 0 Å². The number of hydrogen-bond acceptors (Lipinski definition) is 3. The van der Waals surface area contributed by atoms with Crippen molar-refractivity contribution in [2.45, 2.75) is 51.7 Å². The van der Waals surface area contributed by atoms with Crippen molar-refractivity contribution in [1.29, 1.82) is 0 Å². The van der Waals surface area contributed by atoms with Crippen molar-refractivity contribution in [1.82, 2.24) is 4.90 Å². The Morgan fingerprint density at radius 1 is 1.28 bits per heavy atom. The smallest absolute Gasteiger partial charge is 0.222 e. The van der Waals surface area contributed by atoms with Crippen molar-refractivity contribution in [2.75, 3.05) is 18.8 Å². The molecule has 0 aromatic rings. The van der Waals surface area contributed by atoms with Crippen LogP contribution in [0.4, 0.5) is 0 Å². The molecule has 1 fully saturated rings. The molecule has 18 heavy (non-hydrogen) atoms. The molecule has 0 N–H and O–H groups in total. The van der Waals surface area contributed by atoms with E-state index in [1.54, 1.807) is 0 Å². The van der Waals surface area contributed by atoms with Crippen LogP contribution in [-0.2, 0) is 14.6 Å². The standard InChI is InChI=1S/C13H25NO3S/c1-4-5-13(15)14-8-6-12(7-9-14)18(16,17)10-11(2)3/h11-12H,4-10H2,1-3H3. The lowest BCUT2D eigenvalue weighted by atomic mass is 10.1. The Hall–Kier alpha value is -0.580. The van der Waals surface area contributed by atoms with Gasteiger partial charge >= 0.3 is 0 Å². The van der Waals surface area contributed by atoms with Crippen LogP contribution < -0.4 is 0 Å². The number of sulfone groups is 1. The molecule has 1 amide bonds. The summed E-state index contributed by atoms with van der Waals surface area (Å²) in [6, 6.07) is 0. The Bertz CT molecular complexity index is 368. The van der Waals surface area contributed by atoms with Gasteiger partial charge < -0.3 is 4.90 Å². The predicted molar refractivity (Wildman–Crippen MR) is 73.1 cm³/mol. The van der Waals surface area contributed by atoms with Gasteiger partial charge in [-0.1, -0.05) is 20.8 Å². The molecule has 0 atom stereocenters. The molecular formula is C13H25NO3S. The molecule has 1 aliphatic heterocycles. The molecule has 1 aliphatic rings. The van der Waals surface area contributed by atoms with Gasteiger partial charge in [0.1, 0.15) is 0 Å². The molecule has 0 aromatic heterocycles. The summed E-state index contributed by atoms with van der Waals surface area (Å²) in [6.45, 7) is 7.04. The molecule has 1 heterocycles. The third-order valence-corrected chi connectivity index (χ3v) is 5.95. The number of rotatable bonds is 5. The number of carbonyl (C=O) groups is 1. The summed E-state index contributed by atoms with van der Waals surface area (Å²) in [7, 11) is -2.98. The minimum absolute atomic E-state index is 0.164. The molecule has 1 rings (SSSR count). The van der Waals surface area contributed by atoms with Crippen LogP contribution in [0.1, 0.15) is 46.5 Å². The van der Waals surface area contributed by atoms with E-state index in [2.05, 4.69) is 0 Å². The summed E-state index contributed by atoms with van der Waals surface area (Å²) in [5, 5.41) is -0.245. The third-order valence-electron chi connectivity index (χ3n) is 3.33. The maximum absolute atomic E-state index is 12.1. The van der Waals surface area contributed by atoms with Crippen LogP contribution in [-0.4, -0.2) is 43.3 Å². The highest BCUT2D eigenvalue weighted by molar-refractivity contribution is 7.92. The van der Waals surface area contributed by atoms with Crippen molar-refractivity contribution >= 4 is 15.7 Å². The average Bonchev–Trinajstić information content (AvgIpc) is 2.28. The Morgan fingerprint density at radius 2 is 1.83 bits per heavy atom. The van der Waals surface area contributed by atoms with E-state index in [0.717, 1.165) is 6.42 Å².